The maximum atomic E-state index is 10.7. The van der Waals surface area contributed by atoms with Crippen LogP contribution in [0.2, 0.25) is 0 Å². The predicted molar refractivity (Wildman–Crippen MR) is 35.6 cm³/mol. The largest absolute Gasteiger partial charge is 0.466 e. The van der Waals surface area contributed by atoms with Crippen LogP contribution in [0, 0.1) is 0 Å². The van der Waals surface area contributed by atoms with Gasteiger partial charge >= 0.3 is 5.97 Å². The summed E-state index contributed by atoms with van der Waals surface area (Å²) in [6.45, 7) is 0.511. The molecule has 0 aromatic carbocycles. The lowest BCUT2D eigenvalue weighted by atomic mass is 10.2. The van der Waals surface area contributed by atoms with Gasteiger partial charge in [-0.1, -0.05) is 0 Å². The molecule has 0 aliphatic carbocycles. The number of methoxy groups -OCH3 is 1. The van der Waals surface area contributed by atoms with Crippen LogP contribution in [-0.4, -0.2) is 25.8 Å². The van der Waals surface area contributed by atoms with Gasteiger partial charge < -0.3 is 9.47 Å². The molecule has 1 heterocycles. The van der Waals surface area contributed by atoms with Crippen molar-refractivity contribution in [3.8, 4) is 0 Å². The zero-order valence-electron chi connectivity index (χ0n) is 6.13. The third-order valence-corrected chi connectivity index (χ3v) is 1.71. The van der Waals surface area contributed by atoms with Gasteiger partial charge in [0.2, 0.25) is 0 Å². The van der Waals surface area contributed by atoms with Crippen LogP contribution in [-0.2, 0) is 14.3 Å². The Morgan fingerprint density at radius 3 is 3.10 bits per heavy atom. The second-order valence-electron chi connectivity index (χ2n) is 2.41. The minimum absolute atomic E-state index is 0.0976. The van der Waals surface area contributed by atoms with E-state index in [1.54, 1.807) is 7.11 Å². The van der Waals surface area contributed by atoms with Crippen molar-refractivity contribution in [2.45, 2.75) is 25.4 Å². The standard InChI is InChI=1S/C7H12O3/c1-9-6-2-3-7(8)10-5-4-6/h6H,2-5H2,1H3/t6-/m0/s1. The van der Waals surface area contributed by atoms with Crippen molar-refractivity contribution in [3.05, 3.63) is 0 Å². The number of ether oxygens (including phenoxy) is 2. The summed E-state index contributed by atoms with van der Waals surface area (Å²) >= 11 is 0. The van der Waals surface area contributed by atoms with Gasteiger partial charge in [-0.15, -0.1) is 0 Å². The van der Waals surface area contributed by atoms with E-state index in [1.165, 1.54) is 0 Å². The molecule has 3 nitrogen and oxygen atoms in total. The Morgan fingerprint density at radius 1 is 1.60 bits per heavy atom. The summed E-state index contributed by atoms with van der Waals surface area (Å²) < 4.78 is 9.90. The molecule has 1 saturated heterocycles. The molecule has 1 fully saturated rings. The van der Waals surface area contributed by atoms with Crippen molar-refractivity contribution in [2.75, 3.05) is 13.7 Å². The number of hydrogen-bond donors (Lipinski definition) is 0. The molecule has 0 radical (unpaired) electrons. The van der Waals surface area contributed by atoms with Crippen molar-refractivity contribution in [1.82, 2.24) is 0 Å². The topological polar surface area (TPSA) is 35.5 Å². The lowest BCUT2D eigenvalue weighted by molar-refractivity contribution is -0.142. The molecule has 0 saturated carbocycles. The SMILES string of the molecule is CO[C@@H]1CCOC(=O)CC1. The first-order valence-electron chi connectivity index (χ1n) is 3.51. The van der Waals surface area contributed by atoms with Crippen molar-refractivity contribution in [3.63, 3.8) is 0 Å². The Morgan fingerprint density at radius 2 is 2.40 bits per heavy atom. The van der Waals surface area contributed by atoms with E-state index in [9.17, 15) is 4.79 Å². The lowest BCUT2D eigenvalue weighted by Crippen LogP contribution is -2.09. The molecular weight excluding hydrogens is 132 g/mol. The van der Waals surface area contributed by atoms with Crippen LogP contribution in [0.25, 0.3) is 0 Å². The fourth-order valence-electron chi connectivity index (χ4n) is 1.04. The minimum atomic E-state index is -0.0976. The highest BCUT2D eigenvalue weighted by atomic mass is 16.5. The van der Waals surface area contributed by atoms with Gasteiger partial charge in [-0.25, -0.2) is 0 Å². The van der Waals surface area contributed by atoms with E-state index in [0.29, 0.717) is 13.0 Å². The molecule has 10 heavy (non-hydrogen) atoms. The second kappa shape index (κ2) is 3.56. The lowest BCUT2D eigenvalue weighted by Gasteiger charge is -2.08. The zero-order valence-corrected chi connectivity index (χ0v) is 6.13. The van der Waals surface area contributed by atoms with Gasteiger partial charge in [0.15, 0.2) is 0 Å². The Bertz CT molecular complexity index is 122. The van der Waals surface area contributed by atoms with E-state index < -0.39 is 0 Å². The van der Waals surface area contributed by atoms with Gasteiger partial charge in [0.05, 0.1) is 12.7 Å². The van der Waals surface area contributed by atoms with E-state index in [1.807, 2.05) is 0 Å². The van der Waals surface area contributed by atoms with Gasteiger partial charge in [-0.2, -0.15) is 0 Å². The normalized spacial score (nSPS) is 27.3. The number of cyclic esters (lactones) is 1. The highest BCUT2D eigenvalue weighted by Gasteiger charge is 2.15. The fraction of sp³-hybridized carbons (Fsp3) is 0.857. The Balaban J connectivity index is 2.33. The zero-order chi connectivity index (χ0) is 7.40. The van der Waals surface area contributed by atoms with Gasteiger partial charge in [0.25, 0.3) is 0 Å². The summed E-state index contributed by atoms with van der Waals surface area (Å²) in [6, 6.07) is 0. The quantitative estimate of drug-likeness (QED) is 0.509. The average molecular weight is 144 g/mol. The van der Waals surface area contributed by atoms with Gasteiger partial charge in [0, 0.05) is 20.0 Å². The molecule has 0 bridgehead atoms. The first-order chi connectivity index (χ1) is 4.83. The van der Waals surface area contributed by atoms with Crippen molar-refractivity contribution in [1.29, 1.82) is 0 Å². The maximum absolute atomic E-state index is 10.7. The maximum Gasteiger partial charge on any atom is 0.305 e. The van der Waals surface area contributed by atoms with E-state index in [2.05, 4.69) is 0 Å². The molecule has 1 atom stereocenters. The molecule has 1 aliphatic rings. The summed E-state index contributed by atoms with van der Waals surface area (Å²) in [6.07, 6.45) is 2.35. The first-order valence-corrected chi connectivity index (χ1v) is 3.51. The Labute approximate surface area is 60.3 Å². The first kappa shape index (κ1) is 7.54. The molecule has 3 heteroatoms. The van der Waals surface area contributed by atoms with Crippen LogP contribution in [0.5, 0.6) is 0 Å². The minimum Gasteiger partial charge on any atom is -0.466 e. The van der Waals surface area contributed by atoms with Crippen LogP contribution in [0.4, 0.5) is 0 Å². The average Bonchev–Trinajstić information content (AvgIpc) is 2.14. The van der Waals surface area contributed by atoms with Crippen molar-refractivity contribution < 1.29 is 14.3 Å². The van der Waals surface area contributed by atoms with Crippen LogP contribution < -0.4 is 0 Å². The summed E-state index contributed by atoms with van der Waals surface area (Å²) in [5.74, 6) is -0.0976. The van der Waals surface area contributed by atoms with Gasteiger partial charge in [-0.05, 0) is 6.42 Å². The Hall–Kier alpha value is -0.570. The van der Waals surface area contributed by atoms with Gasteiger partial charge in [0.1, 0.15) is 0 Å². The predicted octanol–water partition coefficient (Wildman–Crippen LogP) is 0.728. The number of carbonyl (C=O) groups excluding carboxylic acids is 1. The third kappa shape index (κ3) is 1.99. The Kier molecular flexibility index (Phi) is 2.68. The molecule has 0 aromatic heterocycles. The molecular formula is C7H12O3. The van der Waals surface area contributed by atoms with E-state index >= 15 is 0 Å². The number of carbonyl (C=O) groups is 1. The van der Waals surface area contributed by atoms with Crippen LogP contribution in [0.1, 0.15) is 19.3 Å². The van der Waals surface area contributed by atoms with E-state index in [-0.39, 0.29) is 12.1 Å². The highest BCUT2D eigenvalue weighted by molar-refractivity contribution is 5.69. The van der Waals surface area contributed by atoms with Crippen LogP contribution in [0.15, 0.2) is 0 Å². The summed E-state index contributed by atoms with van der Waals surface area (Å²) in [5.41, 5.74) is 0. The molecule has 0 unspecified atom stereocenters. The molecule has 0 N–H and O–H groups in total. The van der Waals surface area contributed by atoms with Gasteiger partial charge in [-0.3, -0.25) is 4.79 Å². The van der Waals surface area contributed by atoms with E-state index in [4.69, 9.17) is 9.47 Å². The third-order valence-electron chi connectivity index (χ3n) is 1.71. The fourth-order valence-corrected chi connectivity index (χ4v) is 1.04. The van der Waals surface area contributed by atoms with Crippen molar-refractivity contribution in [2.24, 2.45) is 0 Å². The second-order valence-corrected chi connectivity index (χ2v) is 2.41. The van der Waals surface area contributed by atoms with Crippen LogP contribution in [0.3, 0.4) is 0 Å². The molecule has 1 rings (SSSR count). The summed E-state index contributed by atoms with van der Waals surface area (Å²) in [5, 5.41) is 0. The highest BCUT2D eigenvalue weighted by Crippen LogP contribution is 2.11. The number of esters is 1. The smallest absolute Gasteiger partial charge is 0.305 e. The molecule has 0 spiro atoms. The molecule has 58 valence electrons. The molecule has 0 aromatic rings. The monoisotopic (exact) mass is 144 g/mol. The summed E-state index contributed by atoms with van der Waals surface area (Å²) in [4.78, 5) is 10.7. The summed E-state index contributed by atoms with van der Waals surface area (Å²) in [7, 11) is 1.67. The number of rotatable bonds is 1. The molecule has 0 amide bonds. The molecule has 1 aliphatic heterocycles. The number of hydrogen-bond acceptors (Lipinski definition) is 3. The van der Waals surface area contributed by atoms with Crippen molar-refractivity contribution >= 4 is 5.97 Å². The van der Waals surface area contributed by atoms with E-state index in [0.717, 1.165) is 12.8 Å². The van der Waals surface area contributed by atoms with Crippen LogP contribution >= 0.6 is 0 Å².